The van der Waals surface area contributed by atoms with Crippen LogP contribution in [0.15, 0.2) is 53.3 Å². The molecule has 2 N–H and O–H groups in total. The summed E-state index contributed by atoms with van der Waals surface area (Å²) >= 11 is 0. The van der Waals surface area contributed by atoms with Crippen LogP contribution in [-0.2, 0) is 10.9 Å². The second kappa shape index (κ2) is 6.93. The number of fused-ring (bicyclic) bond motifs is 1. The maximum Gasteiger partial charge on any atom is 0.416 e. The van der Waals surface area contributed by atoms with Crippen LogP contribution in [0.5, 0.6) is 0 Å². The van der Waals surface area contributed by atoms with Crippen molar-refractivity contribution in [1.82, 2.24) is 4.98 Å². The van der Waals surface area contributed by atoms with E-state index in [0.29, 0.717) is 27.7 Å². The van der Waals surface area contributed by atoms with Gasteiger partial charge in [-0.3, -0.25) is 9.69 Å². The molecule has 1 aromatic heterocycles. The lowest BCUT2D eigenvalue weighted by molar-refractivity contribution is -0.137. The molecule has 1 atom stereocenters. The quantitative estimate of drug-likeness (QED) is 0.700. The standard InChI is InChI=1S/C20H15F3N2O4/c21-20(22,23)13-4-1-11(2-5-13)17-7-12-3-6-14(8-16(12)18(27)24-17)25-9-15(10-26)29-19(25)28/h1-8,15,26H,9-10H2,(H,24,27)/t15-/m1/s1. The first-order chi connectivity index (χ1) is 13.8. The summed E-state index contributed by atoms with van der Waals surface area (Å²) in [7, 11) is 0. The molecule has 0 unspecified atom stereocenters. The van der Waals surface area contributed by atoms with Gasteiger partial charge >= 0.3 is 12.3 Å². The Kier molecular flexibility index (Phi) is 4.54. The van der Waals surface area contributed by atoms with Crippen molar-refractivity contribution in [2.45, 2.75) is 12.3 Å². The molecule has 9 heteroatoms. The maximum atomic E-state index is 12.7. The van der Waals surface area contributed by atoms with Crippen LogP contribution in [0.1, 0.15) is 5.56 Å². The van der Waals surface area contributed by atoms with Crippen molar-refractivity contribution in [2.24, 2.45) is 0 Å². The number of cyclic esters (lactones) is 1. The minimum atomic E-state index is -4.43. The number of nitrogens with one attached hydrogen (secondary N) is 1. The number of alkyl halides is 3. The van der Waals surface area contributed by atoms with Crippen molar-refractivity contribution in [3.05, 3.63) is 64.4 Å². The van der Waals surface area contributed by atoms with Crippen molar-refractivity contribution in [3.63, 3.8) is 0 Å². The number of ether oxygens (including phenoxy) is 1. The third-order valence-electron chi connectivity index (χ3n) is 4.74. The predicted octanol–water partition coefficient (Wildman–Crippen LogP) is 3.53. The Labute approximate surface area is 162 Å². The highest BCUT2D eigenvalue weighted by Gasteiger charge is 2.32. The Morgan fingerprint density at radius 2 is 1.83 bits per heavy atom. The Hall–Kier alpha value is -3.33. The molecule has 0 saturated carbocycles. The molecule has 29 heavy (non-hydrogen) atoms. The molecule has 2 heterocycles. The van der Waals surface area contributed by atoms with Crippen molar-refractivity contribution >= 4 is 22.6 Å². The average molecular weight is 404 g/mol. The van der Waals surface area contributed by atoms with Gasteiger partial charge in [-0.25, -0.2) is 4.79 Å². The molecule has 1 amide bonds. The first kappa shape index (κ1) is 19.0. The summed E-state index contributed by atoms with van der Waals surface area (Å²) in [4.78, 5) is 28.5. The first-order valence-corrected chi connectivity index (χ1v) is 8.70. The monoisotopic (exact) mass is 404 g/mol. The minimum absolute atomic E-state index is 0.169. The highest BCUT2D eigenvalue weighted by Crippen LogP contribution is 2.31. The number of aromatic nitrogens is 1. The van der Waals surface area contributed by atoms with Crippen LogP contribution in [0.4, 0.5) is 23.7 Å². The van der Waals surface area contributed by atoms with Crippen molar-refractivity contribution in [3.8, 4) is 11.3 Å². The van der Waals surface area contributed by atoms with E-state index in [2.05, 4.69) is 4.98 Å². The fraction of sp³-hybridized carbons (Fsp3) is 0.200. The number of amides is 1. The summed E-state index contributed by atoms with van der Waals surface area (Å²) in [6.45, 7) is -0.130. The summed E-state index contributed by atoms with van der Waals surface area (Å²) < 4.78 is 43.2. The van der Waals surface area contributed by atoms with Crippen molar-refractivity contribution in [1.29, 1.82) is 0 Å². The third-order valence-corrected chi connectivity index (χ3v) is 4.74. The molecule has 4 rings (SSSR count). The number of halogens is 3. The number of aromatic amines is 1. The topological polar surface area (TPSA) is 82.6 Å². The van der Waals surface area contributed by atoms with Gasteiger partial charge in [0.25, 0.3) is 5.56 Å². The number of hydrogen-bond acceptors (Lipinski definition) is 4. The number of hydrogen-bond donors (Lipinski definition) is 2. The fourth-order valence-electron chi connectivity index (χ4n) is 3.24. The Morgan fingerprint density at radius 3 is 2.45 bits per heavy atom. The van der Waals surface area contributed by atoms with Crippen LogP contribution in [0.3, 0.4) is 0 Å². The zero-order chi connectivity index (χ0) is 20.8. The van der Waals surface area contributed by atoms with Crippen LogP contribution in [0, 0.1) is 0 Å². The van der Waals surface area contributed by atoms with Crippen molar-refractivity contribution in [2.75, 3.05) is 18.1 Å². The number of H-pyrrole nitrogens is 1. The number of pyridine rings is 1. The second-order valence-electron chi connectivity index (χ2n) is 6.66. The summed E-state index contributed by atoms with van der Waals surface area (Å²) in [6.07, 6.45) is -5.67. The first-order valence-electron chi connectivity index (χ1n) is 8.70. The lowest BCUT2D eigenvalue weighted by atomic mass is 10.0. The highest BCUT2D eigenvalue weighted by molar-refractivity contribution is 5.94. The lowest BCUT2D eigenvalue weighted by Gasteiger charge is -2.14. The molecule has 0 radical (unpaired) electrons. The third kappa shape index (κ3) is 3.56. The van der Waals surface area contributed by atoms with Crippen LogP contribution in [-0.4, -0.2) is 35.4 Å². The predicted molar refractivity (Wildman–Crippen MR) is 99.7 cm³/mol. The highest BCUT2D eigenvalue weighted by atomic mass is 19.4. The van der Waals surface area contributed by atoms with E-state index < -0.39 is 29.5 Å². The maximum absolute atomic E-state index is 12.7. The molecule has 6 nitrogen and oxygen atoms in total. The SMILES string of the molecule is O=C1O[C@@H](CO)CN1c1ccc2cc(-c3ccc(C(F)(F)F)cc3)[nH]c(=O)c2c1. The number of nitrogens with zero attached hydrogens (tertiary/aromatic N) is 1. The minimum Gasteiger partial charge on any atom is -0.441 e. The smallest absolute Gasteiger partial charge is 0.416 e. The van der Waals surface area contributed by atoms with E-state index in [-0.39, 0.29) is 13.2 Å². The number of carbonyl (C=O) groups is 1. The van der Waals surface area contributed by atoms with Crippen LogP contribution in [0.2, 0.25) is 0 Å². The van der Waals surface area contributed by atoms with Gasteiger partial charge in [0.2, 0.25) is 0 Å². The number of carbonyl (C=O) groups excluding carboxylic acids is 1. The van der Waals surface area contributed by atoms with E-state index in [0.717, 1.165) is 12.1 Å². The summed E-state index contributed by atoms with van der Waals surface area (Å²) in [5, 5.41) is 10.0. The van der Waals surface area contributed by atoms with Gasteiger partial charge in [0, 0.05) is 16.8 Å². The summed E-state index contributed by atoms with van der Waals surface area (Å²) in [6, 6.07) is 11.0. The number of rotatable bonds is 3. The Bertz CT molecular complexity index is 1140. The van der Waals surface area contributed by atoms with Gasteiger partial charge in [-0.2, -0.15) is 13.2 Å². The van der Waals surface area contributed by atoms with E-state index in [1.165, 1.54) is 23.1 Å². The normalized spacial score (nSPS) is 17.0. The number of aliphatic hydroxyl groups is 1. The van der Waals surface area contributed by atoms with Gasteiger partial charge in [0.15, 0.2) is 0 Å². The van der Waals surface area contributed by atoms with Gasteiger partial charge in [0.1, 0.15) is 6.10 Å². The van der Waals surface area contributed by atoms with Gasteiger partial charge in [-0.1, -0.05) is 18.2 Å². The van der Waals surface area contributed by atoms with E-state index in [1.54, 1.807) is 18.2 Å². The van der Waals surface area contributed by atoms with Gasteiger partial charge in [0.05, 0.1) is 18.7 Å². The number of benzene rings is 2. The van der Waals surface area contributed by atoms with Crippen LogP contribution in [0.25, 0.3) is 22.0 Å². The molecule has 0 aliphatic carbocycles. The second-order valence-corrected chi connectivity index (χ2v) is 6.66. The van der Waals surface area contributed by atoms with E-state index in [9.17, 15) is 22.8 Å². The molecule has 1 aliphatic heterocycles. The largest absolute Gasteiger partial charge is 0.441 e. The zero-order valence-corrected chi connectivity index (χ0v) is 14.9. The Balaban J connectivity index is 1.70. The molecule has 0 bridgehead atoms. The summed E-state index contributed by atoms with van der Waals surface area (Å²) in [5.74, 6) is 0. The molecule has 3 aromatic rings. The molecular formula is C20H15F3N2O4. The number of anilines is 1. The van der Waals surface area contributed by atoms with Gasteiger partial charge in [-0.15, -0.1) is 0 Å². The molecule has 1 saturated heterocycles. The fourth-order valence-corrected chi connectivity index (χ4v) is 3.24. The average Bonchev–Trinajstić information content (AvgIpc) is 3.08. The molecule has 0 spiro atoms. The molecule has 1 fully saturated rings. The lowest BCUT2D eigenvalue weighted by Crippen LogP contribution is -2.25. The van der Waals surface area contributed by atoms with E-state index in [4.69, 9.17) is 9.84 Å². The van der Waals surface area contributed by atoms with Gasteiger partial charge < -0.3 is 14.8 Å². The van der Waals surface area contributed by atoms with Crippen molar-refractivity contribution < 1.29 is 27.8 Å². The van der Waals surface area contributed by atoms with E-state index in [1.807, 2.05) is 0 Å². The molecule has 150 valence electrons. The van der Waals surface area contributed by atoms with Crippen LogP contribution >= 0.6 is 0 Å². The Morgan fingerprint density at radius 1 is 1.10 bits per heavy atom. The molecular weight excluding hydrogens is 389 g/mol. The number of aliphatic hydroxyl groups excluding tert-OH is 1. The van der Waals surface area contributed by atoms with Gasteiger partial charge in [-0.05, 0) is 41.3 Å². The van der Waals surface area contributed by atoms with Crippen LogP contribution < -0.4 is 10.5 Å². The molecule has 1 aliphatic rings. The molecule has 2 aromatic carbocycles. The summed E-state index contributed by atoms with van der Waals surface area (Å²) in [5.41, 5.74) is 0.0596. The zero-order valence-electron chi connectivity index (χ0n) is 14.9. The van der Waals surface area contributed by atoms with E-state index >= 15 is 0 Å².